The third kappa shape index (κ3) is 4.59. The first-order chi connectivity index (χ1) is 11.9. The number of nitrogens with one attached hydrogen (secondary N) is 1. The second-order valence-corrected chi connectivity index (χ2v) is 7.46. The van der Waals surface area contributed by atoms with Crippen molar-refractivity contribution in [3.8, 4) is 0 Å². The summed E-state index contributed by atoms with van der Waals surface area (Å²) in [4.78, 5) is 13.5. The molecule has 1 saturated heterocycles. The summed E-state index contributed by atoms with van der Waals surface area (Å²) >= 11 is 5.25. The summed E-state index contributed by atoms with van der Waals surface area (Å²) in [7, 11) is -3.80. The Labute approximate surface area is 152 Å². The van der Waals surface area contributed by atoms with E-state index in [1.54, 1.807) is 13.0 Å². The minimum atomic E-state index is -3.80. The highest BCUT2D eigenvalue weighted by atomic mass is 32.2. The van der Waals surface area contributed by atoms with Crippen molar-refractivity contribution < 1.29 is 22.4 Å². The van der Waals surface area contributed by atoms with E-state index in [4.69, 9.17) is 21.4 Å². The first kappa shape index (κ1) is 19.4. The number of esters is 1. The van der Waals surface area contributed by atoms with Gasteiger partial charge in [-0.15, -0.1) is 6.58 Å². The van der Waals surface area contributed by atoms with Crippen molar-refractivity contribution in [2.24, 2.45) is 0 Å². The van der Waals surface area contributed by atoms with Crippen LogP contribution in [0.1, 0.15) is 17.5 Å². The fourth-order valence-corrected chi connectivity index (χ4v) is 3.90. The second kappa shape index (κ2) is 8.45. The molecule has 0 spiro atoms. The molecule has 1 N–H and O–H groups in total. The average Bonchev–Trinajstić information content (AvgIpc) is 3.11. The summed E-state index contributed by atoms with van der Waals surface area (Å²) in [6, 6.07) is 2.57. The Morgan fingerprint density at radius 1 is 1.40 bits per heavy atom. The monoisotopic (exact) mass is 387 g/mol. The molecular weight excluding hydrogens is 366 g/mol. The largest absolute Gasteiger partial charge is 0.460 e. The molecule has 0 aromatic carbocycles. The third-order valence-electron chi connectivity index (χ3n) is 3.58. The van der Waals surface area contributed by atoms with E-state index in [-0.39, 0.29) is 30.5 Å². The summed E-state index contributed by atoms with van der Waals surface area (Å²) in [6.45, 7) is 7.48. The lowest BCUT2D eigenvalue weighted by atomic mass is 10.4. The standard InChI is InChI=1S/C15H21N3O5S2/c1-3-7-16-15(24)17-8-10-18(11-9-17)25(20,21)13-6-5-12(23-13)14(19)22-4-2/h3,5-6H,1,4,7-11H2,2H3,(H,16,24). The third-order valence-corrected chi connectivity index (χ3v) is 5.75. The zero-order chi connectivity index (χ0) is 18.4. The van der Waals surface area contributed by atoms with Crippen molar-refractivity contribution in [2.75, 3.05) is 39.3 Å². The molecule has 0 unspecified atom stereocenters. The number of thiocarbonyl (C=S) groups is 1. The molecule has 0 atom stereocenters. The van der Waals surface area contributed by atoms with Gasteiger partial charge in [-0.3, -0.25) is 0 Å². The molecule has 1 aromatic rings. The van der Waals surface area contributed by atoms with Gasteiger partial charge in [0.2, 0.25) is 10.9 Å². The molecule has 1 fully saturated rings. The zero-order valence-corrected chi connectivity index (χ0v) is 15.6. The predicted molar refractivity (Wildman–Crippen MR) is 95.8 cm³/mol. The van der Waals surface area contributed by atoms with Gasteiger partial charge in [-0.2, -0.15) is 4.31 Å². The van der Waals surface area contributed by atoms with E-state index >= 15 is 0 Å². The highest BCUT2D eigenvalue weighted by Crippen LogP contribution is 2.21. The Hall–Kier alpha value is -1.91. The number of nitrogens with zero attached hydrogens (tertiary/aromatic N) is 2. The van der Waals surface area contributed by atoms with E-state index in [9.17, 15) is 13.2 Å². The van der Waals surface area contributed by atoms with E-state index in [1.807, 2.05) is 4.90 Å². The van der Waals surface area contributed by atoms with Gasteiger partial charge < -0.3 is 19.4 Å². The second-order valence-electron chi connectivity index (χ2n) is 5.21. The van der Waals surface area contributed by atoms with E-state index in [2.05, 4.69) is 11.9 Å². The molecule has 10 heteroatoms. The first-order valence-electron chi connectivity index (χ1n) is 7.81. The Balaban J connectivity index is 2.01. The van der Waals surface area contributed by atoms with E-state index in [0.717, 1.165) is 0 Å². The molecule has 0 amide bonds. The van der Waals surface area contributed by atoms with Crippen molar-refractivity contribution >= 4 is 33.3 Å². The van der Waals surface area contributed by atoms with Crippen LogP contribution in [0.15, 0.2) is 34.3 Å². The number of carbonyl (C=O) groups is 1. The number of carbonyl (C=O) groups excluding carboxylic acids is 1. The molecule has 138 valence electrons. The van der Waals surface area contributed by atoms with Crippen molar-refractivity contribution in [1.29, 1.82) is 0 Å². The average molecular weight is 387 g/mol. The topological polar surface area (TPSA) is 92.1 Å². The van der Waals surface area contributed by atoms with Crippen molar-refractivity contribution in [3.05, 3.63) is 30.5 Å². The Morgan fingerprint density at radius 3 is 2.68 bits per heavy atom. The first-order valence-corrected chi connectivity index (χ1v) is 9.65. The molecule has 0 saturated carbocycles. The van der Waals surface area contributed by atoms with Crippen LogP contribution in [0.5, 0.6) is 0 Å². The van der Waals surface area contributed by atoms with E-state index < -0.39 is 16.0 Å². The highest BCUT2D eigenvalue weighted by molar-refractivity contribution is 7.89. The molecule has 0 aliphatic carbocycles. The summed E-state index contributed by atoms with van der Waals surface area (Å²) in [5.74, 6) is -0.818. The van der Waals surface area contributed by atoms with Gasteiger partial charge >= 0.3 is 5.97 Å². The molecule has 2 rings (SSSR count). The van der Waals surface area contributed by atoms with Crippen molar-refractivity contribution in [3.63, 3.8) is 0 Å². The van der Waals surface area contributed by atoms with Crippen LogP contribution in [-0.4, -0.2) is 68.0 Å². The van der Waals surface area contributed by atoms with Crippen LogP contribution < -0.4 is 5.32 Å². The smallest absolute Gasteiger partial charge is 0.374 e. The van der Waals surface area contributed by atoms with Gasteiger partial charge in [-0.1, -0.05) is 6.08 Å². The number of ether oxygens (including phenoxy) is 1. The number of rotatable bonds is 6. The molecule has 1 aliphatic rings. The molecule has 2 heterocycles. The van der Waals surface area contributed by atoms with Crippen LogP contribution in [0.4, 0.5) is 0 Å². The van der Waals surface area contributed by atoms with Gasteiger partial charge in [0.25, 0.3) is 10.0 Å². The van der Waals surface area contributed by atoms with Gasteiger partial charge in [-0.05, 0) is 31.3 Å². The number of sulfonamides is 1. The van der Waals surface area contributed by atoms with Crippen LogP contribution in [-0.2, 0) is 14.8 Å². The molecule has 1 aliphatic heterocycles. The van der Waals surface area contributed by atoms with Gasteiger partial charge in [0.1, 0.15) is 0 Å². The fraction of sp³-hybridized carbons (Fsp3) is 0.467. The number of piperazine rings is 1. The lowest BCUT2D eigenvalue weighted by molar-refractivity contribution is 0.0483. The van der Waals surface area contributed by atoms with Crippen molar-refractivity contribution in [1.82, 2.24) is 14.5 Å². The lowest BCUT2D eigenvalue weighted by Crippen LogP contribution is -2.52. The van der Waals surface area contributed by atoms with Gasteiger partial charge in [0.15, 0.2) is 5.11 Å². The molecule has 0 bridgehead atoms. The van der Waals surface area contributed by atoms with Crippen LogP contribution in [0, 0.1) is 0 Å². The van der Waals surface area contributed by atoms with Crippen LogP contribution in [0.3, 0.4) is 0 Å². The number of hydrogen-bond acceptors (Lipinski definition) is 6. The summed E-state index contributed by atoms with van der Waals surface area (Å²) in [5.41, 5.74) is 0. The van der Waals surface area contributed by atoms with Gasteiger partial charge in [0.05, 0.1) is 6.61 Å². The van der Waals surface area contributed by atoms with Crippen LogP contribution in [0.2, 0.25) is 0 Å². The number of furan rings is 1. The molecule has 1 aromatic heterocycles. The van der Waals surface area contributed by atoms with Crippen LogP contribution in [0.25, 0.3) is 0 Å². The fourth-order valence-electron chi connectivity index (χ4n) is 2.30. The maximum absolute atomic E-state index is 12.6. The quantitative estimate of drug-likeness (QED) is 0.436. The normalized spacial score (nSPS) is 15.6. The Bertz CT molecular complexity index is 736. The molecular formula is C15H21N3O5S2. The number of hydrogen-bond donors (Lipinski definition) is 1. The summed E-state index contributed by atoms with van der Waals surface area (Å²) in [5, 5.41) is 3.32. The lowest BCUT2D eigenvalue weighted by Gasteiger charge is -2.34. The Morgan fingerprint density at radius 2 is 2.08 bits per heavy atom. The maximum atomic E-state index is 12.6. The van der Waals surface area contributed by atoms with Crippen molar-refractivity contribution in [2.45, 2.75) is 12.0 Å². The molecule has 0 radical (unpaired) electrons. The minimum Gasteiger partial charge on any atom is -0.460 e. The Kier molecular flexibility index (Phi) is 6.57. The summed E-state index contributed by atoms with van der Waals surface area (Å²) in [6.07, 6.45) is 1.70. The zero-order valence-electron chi connectivity index (χ0n) is 13.9. The molecule has 25 heavy (non-hydrogen) atoms. The predicted octanol–water partition coefficient (Wildman–Crippen LogP) is 0.823. The highest BCUT2D eigenvalue weighted by Gasteiger charge is 2.32. The SMILES string of the molecule is C=CCNC(=S)N1CCN(S(=O)(=O)c2ccc(C(=O)OCC)o2)CC1. The minimum absolute atomic E-state index is 0.131. The van der Waals surface area contributed by atoms with Crippen LogP contribution >= 0.6 is 12.2 Å². The summed E-state index contributed by atoms with van der Waals surface area (Å²) < 4.78 is 36.5. The van der Waals surface area contributed by atoms with Gasteiger partial charge in [-0.25, -0.2) is 13.2 Å². The van der Waals surface area contributed by atoms with E-state index in [0.29, 0.717) is 24.7 Å². The molecule has 8 nitrogen and oxygen atoms in total. The van der Waals surface area contributed by atoms with Gasteiger partial charge in [0, 0.05) is 32.7 Å². The maximum Gasteiger partial charge on any atom is 0.374 e. The van der Waals surface area contributed by atoms with E-state index in [1.165, 1.54) is 16.4 Å².